The summed E-state index contributed by atoms with van der Waals surface area (Å²) in [7, 11) is 3.14. The maximum Gasteiger partial charge on any atom is 0.252 e. The fourth-order valence-corrected chi connectivity index (χ4v) is 2.52. The van der Waals surface area contributed by atoms with Gasteiger partial charge >= 0.3 is 0 Å². The number of benzene rings is 2. The Labute approximate surface area is 132 Å². The molecule has 0 spiro atoms. The second-order valence-corrected chi connectivity index (χ2v) is 5.09. The largest absolute Gasteiger partial charge is 0.496 e. The molecular formula is C16H14ClNO4. The van der Waals surface area contributed by atoms with E-state index in [2.05, 4.69) is 5.32 Å². The van der Waals surface area contributed by atoms with Gasteiger partial charge in [0.2, 0.25) is 6.79 Å². The Morgan fingerprint density at radius 2 is 1.95 bits per heavy atom. The molecule has 1 aliphatic heterocycles. The minimum atomic E-state index is -0.244. The molecule has 0 atom stereocenters. The molecule has 0 radical (unpaired) electrons. The lowest BCUT2D eigenvalue weighted by atomic mass is 10.0. The number of hydrogen-bond acceptors (Lipinski definition) is 4. The number of carbonyl (C=O) groups excluding carboxylic acids is 1. The number of ether oxygens (including phenoxy) is 3. The van der Waals surface area contributed by atoms with E-state index in [1.807, 2.05) is 12.1 Å². The summed E-state index contributed by atoms with van der Waals surface area (Å²) < 4.78 is 16.2. The second-order valence-electron chi connectivity index (χ2n) is 4.68. The number of carbonyl (C=O) groups is 1. The lowest BCUT2D eigenvalue weighted by Crippen LogP contribution is -2.18. The lowest BCUT2D eigenvalue weighted by molar-refractivity contribution is 0.0963. The zero-order chi connectivity index (χ0) is 15.7. The van der Waals surface area contributed by atoms with E-state index in [1.54, 1.807) is 32.4 Å². The Morgan fingerprint density at radius 1 is 1.23 bits per heavy atom. The molecule has 1 amide bonds. The molecule has 6 heteroatoms. The van der Waals surface area contributed by atoms with Crippen LogP contribution in [-0.2, 0) is 0 Å². The summed E-state index contributed by atoms with van der Waals surface area (Å²) in [5.74, 6) is 1.68. The van der Waals surface area contributed by atoms with Gasteiger partial charge in [-0.15, -0.1) is 0 Å². The fraction of sp³-hybridized carbons (Fsp3) is 0.188. The van der Waals surface area contributed by atoms with Crippen molar-refractivity contribution in [1.29, 1.82) is 0 Å². The summed E-state index contributed by atoms with van der Waals surface area (Å²) >= 11 is 6.09. The number of nitrogens with one attached hydrogen (secondary N) is 1. The normalized spacial score (nSPS) is 12.1. The van der Waals surface area contributed by atoms with Crippen molar-refractivity contribution >= 4 is 17.5 Å². The van der Waals surface area contributed by atoms with E-state index in [-0.39, 0.29) is 12.7 Å². The molecule has 5 nitrogen and oxygen atoms in total. The van der Waals surface area contributed by atoms with Crippen molar-refractivity contribution in [3.8, 4) is 28.4 Å². The highest BCUT2D eigenvalue weighted by molar-refractivity contribution is 6.34. The third kappa shape index (κ3) is 2.44. The quantitative estimate of drug-likeness (QED) is 0.944. The van der Waals surface area contributed by atoms with Crippen LogP contribution in [0, 0.1) is 0 Å². The van der Waals surface area contributed by atoms with Crippen LogP contribution in [0.15, 0.2) is 30.3 Å². The minimum absolute atomic E-state index is 0.187. The summed E-state index contributed by atoms with van der Waals surface area (Å²) in [6.45, 7) is 0.187. The third-order valence-electron chi connectivity index (χ3n) is 3.44. The van der Waals surface area contributed by atoms with E-state index in [0.29, 0.717) is 27.8 Å². The first-order valence-electron chi connectivity index (χ1n) is 6.63. The Morgan fingerprint density at radius 3 is 2.64 bits per heavy atom. The Balaban J connectivity index is 2.13. The summed E-state index contributed by atoms with van der Waals surface area (Å²) in [5.41, 5.74) is 2.01. The first kappa shape index (κ1) is 14.5. The molecule has 0 fully saturated rings. The summed E-state index contributed by atoms with van der Waals surface area (Å²) in [6, 6.07) is 8.84. The van der Waals surface area contributed by atoms with Crippen LogP contribution in [-0.4, -0.2) is 26.9 Å². The van der Waals surface area contributed by atoms with Crippen molar-refractivity contribution in [2.75, 3.05) is 21.0 Å². The van der Waals surface area contributed by atoms with E-state index in [4.69, 9.17) is 25.8 Å². The van der Waals surface area contributed by atoms with Gasteiger partial charge in [0.05, 0.1) is 17.7 Å². The topological polar surface area (TPSA) is 56.8 Å². The van der Waals surface area contributed by atoms with Gasteiger partial charge in [0.25, 0.3) is 5.91 Å². The molecule has 2 aromatic rings. The van der Waals surface area contributed by atoms with Gasteiger partial charge < -0.3 is 19.5 Å². The third-order valence-corrected chi connectivity index (χ3v) is 3.77. The molecule has 3 rings (SSSR count). The first-order valence-corrected chi connectivity index (χ1v) is 7.01. The molecule has 0 aliphatic carbocycles. The zero-order valence-corrected chi connectivity index (χ0v) is 12.9. The molecular weight excluding hydrogens is 306 g/mol. The number of fused-ring (bicyclic) bond motifs is 1. The Bertz CT molecular complexity index is 745. The van der Waals surface area contributed by atoms with Gasteiger partial charge in [0.15, 0.2) is 11.5 Å². The smallest absolute Gasteiger partial charge is 0.252 e. The molecule has 22 heavy (non-hydrogen) atoms. The van der Waals surface area contributed by atoms with E-state index >= 15 is 0 Å². The van der Waals surface area contributed by atoms with E-state index in [9.17, 15) is 4.79 Å². The number of methoxy groups -OCH3 is 1. The van der Waals surface area contributed by atoms with Crippen molar-refractivity contribution in [3.63, 3.8) is 0 Å². The second kappa shape index (κ2) is 5.77. The lowest BCUT2D eigenvalue weighted by Gasteiger charge is -2.12. The van der Waals surface area contributed by atoms with Crippen molar-refractivity contribution in [3.05, 3.63) is 40.9 Å². The Hall–Kier alpha value is -2.40. The molecule has 2 aromatic carbocycles. The molecule has 1 heterocycles. The SMILES string of the molecule is CNC(=O)c1cc(-c2cc3c(cc2OC)OCO3)ccc1Cl. The number of halogens is 1. The van der Waals surface area contributed by atoms with Crippen molar-refractivity contribution in [1.82, 2.24) is 5.32 Å². The van der Waals surface area contributed by atoms with Crippen LogP contribution >= 0.6 is 11.6 Å². The molecule has 0 aromatic heterocycles. The fourth-order valence-electron chi connectivity index (χ4n) is 2.32. The van der Waals surface area contributed by atoms with Crippen LogP contribution < -0.4 is 19.5 Å². The molecule has 0 saturated heterocycles. The molecule has 0 bridgehead atoms. The van der Waals surface area contributed by atoms with Crippen molar-refractivity contribution in [2.45, 2.75) is 0 Å². The van der Waals surface area contributed by atoms with Gasteiger partial charge in [-0.1, -0.05) is 17.7 Å². The monoisotopic (exact) mass is 319 g/mol. The van der Waals surface area contributed by atoms with Gasteiger partial charge in [-0.05, 0) is 23.8 Å². The molecule has 114 valence electrons. The van der Waals surface area contributed by atoms with Gasteiger partial charge in [0, 0.05) is 18.7 Å². The van der Waals surface area contributed by atoms with Crippen LogP contribution in [0.4, 0.5) is 0 Å². The molecule has 1 N–H and O–H groups in total. The van der Waals surface area contributed by atoms with E-state index in [0.717, 1.165) is 11.1 Å². The number of hydrogen-bond donors (Lipinski definition) is 1. The van der Waals surface area contributed by atoms with Gasteiger partial charge in [-0.2, -0.15) is 0 Å². The van der Waals surface area contributed by atoms with E-state index < -0.39 is 0 Å². The highest BCUT2D eigenvalue weighted by Gasteiger charge is 2.20. The first-order chi connectivity index (χ1) is 10.6. The Kier molecular flexibility index (Phi) is 3.81. The molecule has 0 saturated carbocycles. The van der Waals surface area contributed by atoms with E-state index in [1.165, 1.54) is 0 Å². The average Bonchev–Trinajstić information content (AvgIpc) is 3.00. The number of rotatable bonds is 3. The average molecular weight is 320 g/mol. The highest BCUT2D eigenvalue weighted by Crippen LogP contribution is 2.42. The zero-order valence-electron chi connectivity index (χ0n) is 12.1. The summed E-state index contributed by atoms with van der Waals surface area (Å²) in [4.78, 5) is 11.9. The van der Waals surface area contributed by atoms with Crippen LogP contribution in [0.2, 0.25) is 5.02 Å². The molecule has 1 aliphatic rings. The van der Waals surface area contributed by atoms with Gasteiger partial charge in [0.1, 0.15) is 5.75 Å². The summed E-state index contributed by atoms with van der Waals surface area (Å²) in [5, 5.41) is 2.96. The maximum atomic E-state index is 11.9. The van der Waals surface area contributed by atoms with Gasteiger partial charge in [-0.3, -0.25) is 4.79 Å². The van der Waals surface area contributed by atoms with Gasteiger partial charge in [-0.25, -0.2) is 0 Å². The maximum absolute atomic E-state index is 11.9. The standard InChI is InChI=1S/C16H14ClNO4/c1-18-16(19)11-5-9(3-4-12(11)17)10-6-14-15(22-8-21-14)7-13(10)20-2/h3-7H,8H2,1-2H3,(H,18,19). The summed E-state index contributed by atoms with van der Waals surface area (Å²) in [6.07, 6.45) is 0. The van der Waals surface area contributed by atoms with Crippen molar-refractivity contribution < 1.29 is 19.0 Å². The minimum Gasteiger partial charge on any atom is -0.496 e. The number of amides is 1. The predicted molar refractivity (Wildman–Crippen MR) is 83.0 cm³/mol. The van der Waals surface area contributed by atoms with Crippen LogP contribution in [0.1, 0.15) is 10.4 Å². The van der Waals surface area contributed by atoms with Crippen LogP contribution in [0.3, 0.4) is 0 Å². The highest BCUT2D eigenvalue weighted by atomic mass is 35.5. The van der Waals surface area contributed by atoms with Crippen molar-refractivity contribution in [2.24, 2.45) is 0 Å². The van der Waals surface area contributed by atoms with Crippen LogP contribution in [0.25, 0.3) is 11.1 Å². The van der Waals surface area contributed by atoms with Crippen LogP contribution in [0.5, 0.6) is 17.2 Å². The predicted octanol–water partition coefficient (Wildman–Crippen LogP) is 3.10. The molecule has 0 unspecified atom stereocenters.